The summed E-state index contributed by atoms with van der Waals surface area (Å²) in [4.78, 5) is 14.1. The van der Waals surface area contributed by atoms with Gasteiger partial charge in [-0.2, -0.15) is 18.3 Å². The summed E-state index contributed by atoms with van der Waals surface area (Å²) >= 11 is 0. The molecule has 2 aromatic rings. The molecule has 1 aromatic heterocycles. The number of hydrogen-bond acceptors (Lipinski definition) is 3. The van der Waals surface area contributed by atoms with Crippen LogP contribution in [-0.2, 0) is 24.9 Å². The zero-order valence-corrected chi connectivity index (χ0v) is 14.4. The molecule has 2 heterocycles. The van der Waals surface area contributed by atoms with E-state index < -0.39 is 23.9 Å². The van der Waals surface area contributed by atoms with Gasteiger partial charge in [0.05, 0.1) is 18.0 Å². The molecule has 1 saturated heterocycles. The van der Waals surface area contributed by atoms with E-state index in [1.54, 1.807) is 29.0 Å². The van der Waals surface area contributed by atoms with Crippen molar-refractivity contribution in [3.8, 4) is 0 Å². The number of halogens is 3. The summed E-state index contributed by atoms with van der Waals surface area (Å²) in [5.41, 5.74) is 1.69. The molecule has 0 aliphatic carbocycles. The van der Waals surface area contributed by atoms with Crippen LogP contribution < -0.4 is 5.32 Å². The molecule has 0 unspecified atom stereocenters. The molecule has 3 rings (SSSR count). The largest absolute Gasteiger partial charge is 0.393 e. The van der Waals surface area contributed by atoms with Crippen LogP contribution in [0.2, 0.25) is 0 Å². The summed E-state index contributed by atoms with van der Waals surface area (Å²) in [6.45, 7) is 0.507. The molecule has 26 heavy (non-hydrogen) atoms. The van der Waals surface area contributed by atoms with E-state index in [0.29, 0.717) is 6.54 Å². The molecule has 140 valence electrons. The third kappa shape index (κ3) is 4.43. The van der Waals surface area contributed by atoms with Crippen LogP contribution in [0.1, 0.15) is 11.1 Å². The molecule has 1 fully saturated rings. The van der Waals surface area contributed by atoms with Crippen molar-refractivity contribution in [2.24, 2.45) is 18.9 Å². The number of hydrogen-bond donors (Lipinski definition) is 1. The highest BCUT2D eigenvalue weighted by atomic mass is 19.4. The second-order valence-corrected chi connectivity index (χ2v) is 6.67. The van der Waals surface area contributed by atoms with E-state index in [-0.39, 0.29) is 19.6 Å². The monoisotopic (exact) mass is 366 g/mol. The van der Waals surface area contributed by atoms with Crippen LogP contribution in [0.3, 0.4) is 0 Å². The van der Waals surface area contributed by atoms with Gasteiger partial charge in [0.15, 0.2) is 0 Å². The first-order valence-electron chi connectivity index (χ1n) is 8.41. The van der Waals surface area contributed by atoms with Crippen LogP contribution in [0.4, 0.5) is 13.2 Å². The zero-order valence-electron chi connectivity index (χ0n) is 14.4. The Balaban J connectivity index is 1.65. The lowest BCUT2D eigenvalue weighted by atomic mass is 9.94. The molecule has 1 N–H and O–H groups in total. The third-order valence-corrected chi connectivity index (χ3v) is 4.63. The zero-order chi connectivity index (χ0) is 18.7. The number of amides is 1. The summed E-state index contributed by atoms with van der Waals surface area (Å²) in [6.07, 6.45) is -1.10. The van der Waals surface area contributed by atoms with E-state index in [9.17, 15) is 18.0 Å². The Kier molecular flexibility index (Phi) is 5.31. The number of likely N-dealkylation sites (tertiary alicyclic amines) is 1. The lowest BCUT2D eigenvalue weighted by Crippen LogP contribution is -2.39. The summed E-state index contributed by atoms with van der Waals surface area (Å²) in [5, 5.41) is 6.60. The van der Waals surface area contributed by atoms with E-state index in [4.69, 9.17) is 0 Å². The standard InChI is InChI=1S/C18H21F3N4O/c1-24-9-14(8-23-24)7-22-17(26)15-11-25(12-16(15)18(19,20)21)10-13-5-3-2-4-6-13/h2-6,8-9,15-16H,7,10-12H2,1H3,(H,22,26)/t15-,16+/m1/s1. The Bertz CT molecular complexity index is 744. The first-order chi connectivity index (χ1) is 12.3. The Morgan fingerprint density at radius 1 is 1.23 bits per heavy atom. The highest BCUT2D eigenvalue weighted by molar-refractivity contribution is 5.79. The first-order valence-corrected chi connectivity index (χ1v) is 8.41. The molecule has 5 nitrogen and oxygen atoms in total. The summed E-state index contributed by atoms with van der Waals surface area (Å²) in [5.74, 6) is -3.32. The van der Waals surface area contributed by atoms with Crippen molar-refractivity contribution in [2.45, 2.75) is 19.3 Å². The number of aromatic nitrogens is 2. The SMILES string of the molecule is Cn1cc(CNC(=O)[C@@H]2CN(Cc3ccccc3)C[C@@H]2C(F)(F)F)cn1. The first kappa shape index (κ1) is 18.4. The molecule has 2 atom stereocenters. The van der Waals surface area contributed by atoms with E-state index in [2.05, 4.69) is 10.4 Å². The van der Waals surface area contributed by atoms with Crippen LogP contribution in [0.5, 0.6) is 0 Å². The number of alkyl halides is 3. The molecule has 0 saturated carbocycles. The van der Waals surface area contributed by atoms with Crippen LogP contribution in [-0.4, -0.2) is 39.9 Å². The average Bonchev–Trinajstić information content (AvgIpc) is 3.20. The minimum absolute atomic E-state index is 0.0952. The third-order valence-electron chi connectivity index (χ3n) is 4.63. The molecule has 1 amide bonds. The molecule has 1 aliphatic rings. The molecule has 0 radical (unpaired) electrons. The highest BCUT2D eigenvalue weighted by Crippen LogP contribution is 2.38. The fourth-order valence-electron chi connectivity index (χ4n) is 3.34. The summed E-state index contributed by atoms with van der Waals surface area (Å²) < 4.78 is 41.9. The molecule has 0 spiro atoms. The van der Waals surface area contributed by atoms with Crippen molar-refractivity contribution < 1.29 is 18.0 Å². The second kappa shape index (κ2) is 7.49. The Morgan fingerprint density at radius 3 is 2.58 bits per heavy atom. The number of benzene rings is 1. The van der Waals surface area contributed by atoms with Gasteiger partial charge in [0, 0.05) is 45.0 Å². The minimum Gasteiger partial charge on any atom is -0.352 e. The van der Waals surface area contributed by atoms with Gasteiger partial charge in [0.2, 0.25) is 5.91 Å². The van der Waals surface area contributed by atoms with Gasteiger partial charge in [-0.15, -0.1) is 0 Å². The number of rotatable bonds is 5. The number of aryl methyl sites for hydroxylation is 1. The predicted molar refractivity (Wildman–Crippen MR) is 89.8 cm³/mol. The van der Waals surface area contributed by atoms with Gasteiger partial charge < -0.3 is 5.32 Å². The van der Waals surface area contributed by atoms with Crippen molar-refractivity contribution >= 4 is 5.91 Å². The molecular formula is C18H21F3N4O. The van der Waals surface area contributed by atoms with E-state index in [0.717, 1.165) is 11.1 Å². The lowest BCUT2D eigenvalue weighted by Gasteiger charge is -2.20. The molecule has 1 aliphatic heterocycles. The Morgan fingerprint density at radius 2 is 1.96 bits per heavy atom. The minimum atomic E-state index is -4.40. The van der Waals surface area contributed by atoms with Gasteiger partial charge >= 0.3 is 6.18 Å². The normalized spacial score (nSPS) is 21.1. The van der Waals surface area contributed by atoms with Crippen molar-refractivity contribution in [2.75, 3.05) is 13.1 Å². The van der Waals surface area contributed by atoms with E-state index in [1.165, 1.54) is 0 Å². The number of carbonyl (C=O) groups excluding carboxylic acids is 1. The van der Waals surface area contributed by atoms with Crippen LogP contribution in [0.15, 0.2) is 42.7 Å². The van der Waals surface area contributed by atoms with Gasteiger partial charge in [-0.1, -0.05) is 30.3 Å². The van der Waals surface area contributed by atoms with Gasteiger partial charge in [-0.3, -0.25) is 14.4 Å². The van der Waals surface area contributed by atoms with Gasteiger partial charge in [-0.05, 0) is 5.56 Å². The van der Waals surface area contributed by atoms with Crippen molar-refractivity contribution in [1.82, 2.24) is 20.0 Å². The number of carbonyl (C=O) groups is 1. The number of nitrogens with zero attached hydrogens (tertiary/aromatic N) is 3. The molecule has 0 bridgehead atoms. The quantitative estimate of drug-likeness (QED) is 0.884. The Hall–Kier alpha value is -2.35. The van der Waals surface area contributed by atoms with Crippen LogP contribution >= 0.6 is 0 Å². The van der Waals surface area contributed by atoms with E-state index in [1.807, 2.05) is 30.3 Å². The van der Waals surface area contributed by atoms with E-state index >= 15 is 0 Å². The van der Waals surface area contributed by atoms with Crippen LogP contribution in [0.25, 0.3) is 0 Å². The van der Waals surface area contributed by atoms with Crippen molar-refractivity contribution in [3.05, 3.63) is 53.9 Å². The number of nitrogens with one attached hydrogen (secondary N) is 1. The maximum Gasteiger partial charge on any atom is 0.393 e. The Labute approximate surface area is 149 Å². The fourth-order valence-corrected chi connectivity index (χ4v) is 3.34. The second-order valence-electron chi connectivity index (χ2n) is 6.67. The predicted octanol–water partition coefficient (Wildman–Crippen LogP) is 2.35. The average molecular weight is 366 g/mol. The summed E-state index contributed by atoms with van der Waals surface area (Å²) in [7, 11) is 1.74. The molecule has 8 heteroatoms. The van der Waals surface area contributed by atoms with Gasteiger partial charge in [0.1, 0.15) is 0 Å². The van der Waals surface area contributed by atoms with Gasteiger partial charge in [-0.25, -0.2) is 0 Å². The van der Waals surface area contributed by atoms with Crippen molar-refractivity contribution in [1.29, 1.82) is 0 Å². The maximum absolute atomic E-state index is 13.4. The fraction of sp³-hybridized carbons (Fsp3) is 0.444. The van der Waals surface area contributed by atoms with Crippen molar-refractivity contribution in [3.63, 3.8) is 0 Å². The maximum atomic E-state index is 13.4. The van der Waals surface area contributed by atoms with Gasteiger partial charge in [0.25, 0.3) is 0 Å². The lowest BCUT2D eigenvalue weighted by molar-refractivity contribution is -0.183. The molecular weight excluding hydrogens is 345 g/mol. The van der Waals surface area contributed by atoms with Crippen LogP contribution in [0, 0.1) is 11.8 Å². The topological polar surface area (TPSA) is 50.2 Å². The smallest absolute Gasteiger partial charge is 0.352 e. The highest BCUT2D eigenvalue weighted by Gasteiger charge is 2.52. The summed E-state index contributed by atoms with van der Waals surface area (Å²) in [6, 6.07) is 9.31. The molecule has 1 aromatic carbocycles.